The SMILES string of the molecule is Nc1nnc(-c2cc(Cl)c(OCc3ccc([N+](=O)[O-])cc3)c(Br)c2)o1. The van der Waals surface area contributed by atoms with Crippen molar-refractivity contribution in [3.05, 3.63) is 61.6 Å². The topological polar surface area (TPSA) is 117 Å². The Hall–Kier alpha value is -2.65. The number of benzene rings is 2. The summed E-state index contributed by atoms with van der Waals surface area (Å²) in [7, 11) is 0. The van der Waals surface area contributed by atoms with E-state index in [2.05, 4.69) is 26.1 Å². The third kappa shape index (κ3) is 3.89. The molecule has 0 radical (unpaired) electrons. The summed E-state index contributed by atoms with van der Waals surface area (Å²) < 4.78 is 11.5. The Labute approximate surface area is 154 Å². The highest BCUT2D eigenvalue weighted by atomic mass is 79.9. The number of hydrogen-bond donors (Lipinski definition) is 1. The summed E-state index contributed by atoms with van der Waals surface area (Å²) in [5.41, 5.74) is 6.78. The number of halogens is 2. The standard InChI is InChI=1S/C15H10BrClN4O4/c16-11-5-9(14-19-20-15(18)25-14)6-12(17)13(11)24-7-8-1-3-10(4-2-8)21(22)23/h1-6H,7H2,(H2,18,20). The van der Waals surface area contributed by atoms with Crippen molar-refractivity contribution in [3.8, 4) is 17.2 Å². The molecule has 8 nitrogen and oxygen atoms in total. The predicted molar refractivity (Wildman–Crippen MR) is 94.3 cm³/mol. The molecule has 2 N–H and O–H groups in total. The van der Waals surface area contributed by atoms with Gasteiger partial charge in [0.25, 0.3) is 5.69 Å². The van der Waals surface area contributed by atoms with Gasteiger partial charge in [-0.1, -0.05) is 16.7 Å². The number of ether oxygens (including phenoxy) is 1. The number of hydrogen-bond acceptors (Lipinski definition) is 7. The monoisotopic (exact) mass is 424 g/mol. The van der Waals surface area contributed by atoms with Crippen LogP contribution in [-0.4, -0.2) is 15.1 Å². The molecule has 3 rings (SSSR count). The number of nitro groups is 1. The molecular weight excluding hydrogens is 416 g/mol. The van der Waals surface area contributed by atoms with Crippen molar-refractivity contribution in [2.24, 2.45) is 0 Å². The molecule has 0 aliphatic carbocycles. The molecule has 25 heavy (non-hydrogen) atoms. The Morgan fingerprint density at radius 1 is 1.28 bits per heavy atom. The molecule has 0 aliphatic heterocycles. The maximum Gasteiger partial charge on any atom is 0.313 e. The molecule has 0 fully saturated rings. The Bertz CT molecular complexity index is 907. The Kier molecular flexibility index (Phi) is 4.86. The van der Waals surface area contributed by atoms with Crippen LogP contribution in [0.2, 0.25) is 5.02 Å². The van der Waals surface area contributed by atoms with Gasteiger partial charge >= 0.3 is 6.01 Å². The van der Waals surface area contributed by atoms with E-state index in [4.69, 9.17) is 26.5 Å². The normalized spacial score (nSPS) is 10.6. The summed E-state index contributed by atoms with van der Waals surface area (Å²) in [6.45, 7) is 0.198. The van der Waals surface area contributed by atoms with Gasteiger partial charge in [0.05, 0.1) is 14.4 Å². The first-order valence-corrected chi connectivity index (χ1v) is 8.05. The number of anilines is 1. The van der Waals surface area contributed by atoms with Crippen LogP contribution in [0.4, 0.5) is 11.7 Å². The fourth-order valence-electron chi connectivity index (χ4n) is 2.04. The molecule has 0 bridgehead atoms. The summed E-state index contributed by atoms with van der Waals surface area (Å²) in [5.74, 6) is 0.665. The van der Waals surface area contributed by atoms with E-state index in [0.29, 0.717) is 20.8 Å². The number of nitro benzene ring substituents is 1. The first kappa shape index (κ1) is 17.2. The number of non-ortho nitro benzene ring substituents is 1. The fourth-order valence-corrected chi connectivity index (χ4v) is 3.00. The average Bonchev–Trinajstić information content (AvgIpc) is 3.01. The summed E-state index contributed by atoms with van der Waals surface area (Å²) >= 11 is 9.65. The van der Waals surface area contributed by atoms with Crippen molar-refractivity contribution < 1.29 is 14.1 Å². The number of nitrogens with zero attached hydrogens (tertiary/aromatic N) is 3. The zero-order valence-electron chi connectivity index (χ0n) is 12.5. The molecule has 3 aromatic rings. The number of nitrogen functional groups attached to an aromatic ring is 1. The lowest BCUT2D eigenvalue weighted by atomic mass is 10.2. The molecule has 0 unspecified atom stereocenters. The van der Waals surface area contributed by atoms with Crippen molar-refractivity contribution >= 4 is 39.2 Å². The van der Waals surface area contributed by atoms with E-state index in [9.17, 15) is 10.1 Å². The van der Waals surface area contributed by atoms with Crippen LogP contribution in [0.25, 0.3) is 11.5 Å². The molecule has 0 atom stereocenters. The Morgan fingerprint density at radius 3 is 2.56 bits per heavy atom. The van der Waals surface area contributed by atoms with Gasteiger partial charge in [0, 0.05) is 17.7 Å². The van der Waals surface area contributed by atoms with Gasteiger partial charge < -0.3 is 14.9 Å². The van der Waals surface area contributed by atoms with Crippen LogP contribution in [0.5, 0.6) is 5.75 Å². The van der Waals surface area contributed by atoms with E-state index < -0.39 is 4.92 Å². The first-order chi connectivity index (χ1) is 11.9. The van der Waals surface area contributed by atoms with Gasteiger partial charge in [0.2, 0.25) is 5.89 Å². The van der Waals surface area contributed by atoms with Gasteiger partial charge in [-0.2, -0.15) is 0 Å². The van der Waals surface area contributed by atoms with Crippen LogP contribution >= 0.6 is 27.5 Å². The van der Waals surface area contributed by atoms with Crippen LogP contribution in [-0.2, 0) is 6.61 Å². The van der Waals surface area contributed by atoms with E-state index in [-0.39, 0.29) is 24.2 Å². The highest BCUT2D eigenvalue weighted by Gasteiger charge is 2.14. The summed E-state index contributed by atoms with van der Waals surface area (Å²) in [6, 6.07) is 9.36. The van der Waals surface area contributed by atoms with E-state index >= 15 is 0 Å². The molecule has 0 spiro atoms. The van der Waals surface area contributed by atoms with Gasteiger partial charge in [-0.15, -0.1) is 5.10 Å². The van der Waals surface area contributed by atoms with E-state index in [0.717, 1.165) is 5.56 Å². The smallest absolute Gasteiger partial charge is 0.313 e. The van der Waals surface area contributed by atoms with Gasteiger partial charge in [-0.25, -0.2) is 0 Å². The average molecular weight is 426 g/mol. The zero-order valence-corrected chi connectivity index (χ0v) is 14.8. The lowest BCUT2D eigenvalue weighted by Crippen LogP contribution is -1.98. The molecule has 0 aliphatic rings. The van der Waals surface area contributed by atoms with Gasteiger partial charge in [-0.05, 0) is 45.8 Å². The molecule has 10 heteroatoms. The lowest BCUT2D eigenvalue weighted by Gasteiger charge is -2.11. The fraction of sp³-hybridized carbons (Fsp3) is 0.0667. The second-order valence-corrected chi connectivity index (χ2v) is 6.19. The second-order valence-electron chi connectivity index (χ2n) is 4.93. The molecule has 0 amide bonds. The molecule has 128 valence electrons. The van der Waals surface area contributed by atoms with Crippen LogP contribution < -0.4 is 10.5 Å². The molecule has 0 saturated heterocycles. The minimum Gasteiger partial charge on any atom is -0.486 e. The number of nitrogens with two attached hydrogens (primary N) is 1. The molecule has 2 aromatic carbocycles. The summed E-state index contributed by atoms with van der Waals surface area (Å²) in [4.78, 5) is 10.2. The molecule has 1 aromatic heterocycles. The van der Waals surface area contributed by atoms with E-state index in [1.807, 2.05) is 0 Å². The Balaban J connectivity index is 1.77. The maximum atomic E-state index is 10.7. The van der Waals surface area contributed by atoms with E-state index in [1.165, 1.54) is 12.1 Å². The Morgan fingerprint density at radius 2 is 2.00 bits per heavy atom. The third-order valence-electron chi connectivity index (χ3n) is 3.22. The summed E-state index contributed by atoms with van der Waals surface area (Å²) in [5, 5.41) is 18.4. The van der Waals surface area contributed by atoms with Gasteiger partial charge in [0.15, 0.2) is 5.75 Å². The van der Waals surface area contributed by atoms with Crippen LogP contribution in [0.15, 0.2) is 45.3 Å². The van der Waals surface area contributed by atoms with Crippen molar-refractivity contribution in [1.29, 1.82) is 0 Å². The van der Waals surface area contributed by atoms with Crippen molar-refractivity contribution in [1.82, 2.24) is 10.2 Å². The number of aromatic nitrogens is 2. The van der Waals surface area contributed by atoms with Crippen molar-refractivity contribution in [2.45, 2.75) is 6.61 Å². The molecular formula is C15H10BrClN4O4. The van der Waals surface area contributed by atoms with Crippen LogP contribution in [0, 0.1) is 10.1 Å². The highest BCUT2D eigenvalue weighted by molar-refractivity contribution is 9.10. The van der Waals surface area contributed by atoms with Crippen molar-refractivity contribution in [3.63, 3.8) is 0 Å². The largest absolute Gasteiger partial charge is 0.486 e. The quantitative estimate of drug-likeness (QED) is 0.480. The molecule has 0 saturated carbocycles. The van der Waals surface area contributed by atoms with E-state index in [1.54, 1.807) is 24.3 Å². The van der Waals surface area contributed by atoms with Crippen LogP contribution in [0.1, 0.15) is 5.56 Å². The first-order valence-electron chi connectivity index (χ1n) is 6.88. The highest BCUT2D eigenvalue weighted by Crippen LogP contribution is 2.38. The molecule has 1 heterocycles. The van der Waals surface area contributed by atoms with Gasteiger partial charge in [-0.3, -0.25) is 10.1 Å². The summed E-state index contributed by atoms with van der Waals surface area (Å²) in [6.07, 6.45) is 0. The predicted octanol–water partition coefficient (Wildman–Crippen LogP) is 4.22. The number of rotatable bonds is 5. The van der Waals surface area contributed by atoms with Crippen molar-refractivity contribution in [2.75, 3.05) is 5.73 Å². The maximum absolute atomic E-state index is 10.7. The zero-order chi connectivity index (χ0) is 18.0. The second kappa shape index (κ2) is 7.08. The lowest BCUT2D eigenvalue weighted by molar-refractivity contribution is -0.384. The van der Waals surface area contributed by atoms with Crippen LogP contribution in [0.3, 0.4) is 0 Å². The minimum atomic E-state index is -0.457. The van der Waals surface area contributed by atoms with Gasteiger partial charge in [0.1, 0.15) is 6.61 Å². The third-order valence-corrected chi connectivity index (χ3v) is 4.09. The minimum absolute atomic E-state index is 0.0196.